The summed E-state index contributed by atoms with van der Waals surface area (Å²) in [6.45, 7) is 15.7. The zero-order valence-corrected chi connectivity index (χ0v) is 51.5. The molecule has 0 aromatic heterocycles. The molecule has 428 valence electrons. The molecule has 0 radical (unpaired) electrons. The van der Waals surface area contributed by atoms with E-state index in [1.807, 2.05) is 0 Å². The van der Waals surface area contributed by atoms with Crippen molar-refractivity contribution in [3.05, 3.63) is 205 Å². The summed E-state index contributed by atoms with van der Waals surface area (Å²) in [4.78, 5) is 8.27. The van der Waals surface area contributed by atoms with E-state index in [4.69, 9.17) is 0 Å². The molecule has 0 saturated heterocycles. The van der Waals surface area contributed by atoms with Crippen molar-refractivity contribution in [3.8, 4) is 33.4 Å². The quantitative estimate of drug-likeness (QED) is 0.154. The first-order chi connectivity index (χ1) is 41.4. The SMILES string of the molecule is CC12CCCCCCC1(C)N(c1ccccc1)c1ccc(-c3ccc4ccc5c(-c6ccc7c(c6)C6(C)CCCCCCC6(C)N7c6ccccc6)cc(-c6ccc7c(c6)C6(C)CCCCCCC6(C)N7c6ccccc6)c6ccc3c4c56)cc12. The summed E-state index contributed by atoms with van der Waals surface area (Å²) < 4.78 is 0. The predicted molar refractivity (Wildman–Crippen MR) is 363 cm³/mol. The predicted octanol–water partition coefficient (Wildman–Crippen LogP) is 23.2. The number of anilines is 6. The van der Waals surface area contributed by atoms with E-state index in [-0.39, 0.29) is 32.9 Å². The normalized spacial score (nSPS) is 27.5. The Balaban J connectivity index is 0.933. The van der Waals surface area contributed by atoms with Gasteiger partial charge in [-0.1, -0.05) is 207 Å². The van der Waals surface area contributed by atoms with Crippen LogP contribution in [-0.2, 0) is 16.2 Å². The van der Waals surface area contributed by atoms with Crippen molar-refractivity contribution in [1.82, 2.24) is 0 Å². The first-order valence-electron chi connectivity index (χ1n) is 33.1. The lowest BCUT2D eigenvalue weighted by Crippen LogP contribution is -2.53. The monoisotopic (exact) mass is 1110 g/mol. The molecule has 6 aliphatic rings. The molecule has 6 unspecified atom stereocenters. The van der Waals surface area contributed by atoms with Gasteiger partial charge in [-0.2, -0.15) is 0 Å². The summed E-state index contributed by atoms with van der Waals surface area (Å²) in [5.74, 6) is 0. The molecule has 3 aliphatic heterocycles. The van der Waals surface area contributed by atoms with Crippen molar-refractivity contribution in [2.75, 3.05) is 14.7 Å². The fourth-order valence-corrected chi connectivity index (χ4v) is 19.3. The van der Waals surface area contributed by atoms with Gasteiger partial charge >= 0.3 is 0 Å². The highest BCUT2D eigenvalue weighted by Gasteiger charge is 2.59. The molecule has 10 aromatic carbocycles. The third-order valence-electron chi connectivity index (χ3n) is 24.6. The van der Waals surface area contributed by atoms with Crippen molar-refractivity contribution in [2.24, 2.45) is 0 Å². The number of hydrogen-bond donors (Lipinski definition) is 0. The fraction of sp³-hybridized carbons (Fsp3) is 0.366. The van der Waals surface area contributed by atoms with Crippen molar-refractivity contribution in [3.63, 3.8) is 0 Å². The summed E-state index contributed by atoms with van der Waals surface area (Å²) in [5.41, 5.74) is 20.4. The van der Waals surface area contributed by atoms with E-state index in [1.54, 1.807) is 0 Å². The molecular weight excluding hydrogens is 1030 g/mol. The van der Waals surface area contributed by atoms with Gasteiger partial charge in [-0.3, -0.25) is 0 Å². The standard InChI is InChI=1S/C82H85N3/c1-77-46-22-7-10-25-49-80(77,4)83(60-28-16-13-17-29-60)72-43-36-57(52-69(72)77)63-39-34-56-35-40-65-67(58-37-44-73-70(53-58)78(2)47-23-8-11-26-50-81(78,5)84(73)61-30-18-14-19-31-61)55-68(66-42-41-64(63)75(56)76(65)66)59-38-45-74-71(54-59)79(3)48-24-9-12-27-51-82(79,6)85(74)62-32-20-15-21-33-62/h13-21,28-45,52-55H,7-12,22-27,46-51H2,1-6H3. The first kappa shape index (κ1) is 53.1. The van der Waals surface area contributed by atoms with Crippen LogP contribution in [0.4, 0.5) is 34.1 Å². The molecule has 6 atom stereocenters. The fourth-order valence-electron chi connectivity index (χ4n) is 19.3. The summed E-state index contributed by atoms with van der Waals surface area (Å²) in [6, 6.07) is 74.5. The minimum absolute atomic E-state index is 0.000862. The van der Waals surface area contributed by atoms with E-state index in [2.05, 4.69) is 244 Å². The van der Waals surface area contributed by atoms with Crippen LogP contribution in [0.3, 0.4) is 0 Å². The topological polar surface area (TPSA) is 9.72 Å². The molecule has 3 heterocycles. The van der Waals surface area contributed by atoms with Crippen LogP contribution in [0.2, 0.25) is 0 Å². The molecule has 3 heteroatoms. The summed E-state index contributed by atoms with van der Waals surface area (Å²) in [7, 11) is 0. The Hall–Kier alpha value is -7.36. The van der Waals surface area contributed by atoms with Crippen LogP contribution < -0.4 is 14.7 Å². The molecule has 3 saturated carbocycles. The molecule has 0 amide bonds. The lowest BCUT2D eigenvalue weighted by molar-refractivity contribution is 0.218. The molecule has 0 bridgehead atoms. The molecule has 3 fully saturated rings. The number of hydrogen-bond acceptors (Lipinski definition) is 3. The molecular formula is C82H85N3. The Bertz CT molecular complexity index is 4070. The smallest absolute Gasteiger partial charge is 0.0517 e. The minimum atomic E-state index is -0.0530. The second kappa shape index (κ2) is 19.6. The Morgan fingerprint density at radius 1 is 0.271 bits per heavy atom. The zero-order valence-electron chi connectivity index (χ0n) is 51.5. The van der Waals surface area contributed by atoms with Crippen LogP contribution in [0.25, 0.3) is 65.7 Å². The van der Waals surface area contributed by atoms with E-state index >= 15 is 0 Å². The van der Waals surface area contributed by atoms with E-state index in [1.165, 1.54) is 232 Å². The number of para-hydroxylation sites is 3. The lowest BCUT2D eigenvalue weighted by atomic mass is 9.63. The van der Waals surface area contributed by atoms with Gasteiger partial charge in [0.05, 0.1) is 16.6 Å². The molecule has 10 aromatic rings. The molecule has 3 aliphatic carbocycles. The summed E-state index contributed by atoms with van der Waals surface area (Å²) >= 11 is 0. The molecule has 0 spiro atoms. The van der Waals surface area contributed by atoms with Gasteiger partial charge in [0.1, 0.15) is 0 Å². The van der Waals surface area contributed by atoms with Crippen molar-refractivity contribution >= 4 is 66.4 Å². The Morgan fingerprint density at radius 3 is 0.965 bits per heavy atom. The van der Waals surface area contributed by atoms with Gasteiger partial charge in [-0.15, -0.1) is 0 Å². The Labute approximate surface area is 506 Å². The number of nitrogens with zero attached hydrogens (tertiary/aromatic N) is 3. The summed E-state index contributed by atoms with van der Waals surface area (Å²) in [6.07, 6.45) is 22.6. The second-order valence-corrected chi connectivity index (χ2v) is 28.6. The number of rotatable bonds is 6. The number of fused-ring (bicyclic) bond motifs is 9. The van der Waals surface area contributed by atoms with Crippen molar-refractivity contribution in [1.29, 1.82) is 0 Å². The number of benzene rings is 10. The molecule has 3 nitrogen and oxygen atoms in total. The highest BCUT2D eigenvalue weighted by atomic mass is 15.3. The second-order valence-electron chi connectivity index (χ2n) is 28.6. The van der Waals surface area contributed by atoms with Crippen LogP contribution in [0.5, 0.6) is 0 Å². The Morgan fingerprint density at radius 2 is 0.588 bits per heavy atom. The van der Waals surface area contributed by atoms with E-state index in [0.29, 0.717) is 0 Å². The van der Waals surface area contributed by atoms with Gasteiger partial charge in [-0.25, -0.2) is 0 Å². The lowest BCUT2D eigenvalue weighted by Gasteiger charge is -2.48. The average Bonchev–Trinajstić information content (AvgIpc) is 1.68. The minimum Gasteiger partial charge on any atom is -0.334 e. The van der Waals surface area contributed by atoms with E-state index in [0.717, 1.165) is 0 Å². The van der Waals surface area contributed by atoms with Gasteiger partial charge in [-0.05, 0) is 221 Å². The highest BCUT2D eigenvalue weighted by molar-refractivity contribution is 6.30. The van der Waals surface area contributed by atoms with Crippen LogP contribution >= 0.6 is 0 Å². The highest BCUT2D eigenvalue weighted by Crippen LogP contribution is 2.64. The van der Waals surface area contributed by atoms with Crippen LogP contribution in [-0.4, -0.2) is 16.6 Å². The maximum atomic E-state index is 2.76. The van der Waals surface area contributed by atoms with Gasteiger partial charge in [0.2, 0.25) is 0 Å². The van der Waals surface area contributed by atoms with Crippen molar-refractivity contribution < 1.29 is 0 Å². The third kappa shape index (κ3) is 7.50. The molecule has 16 rings (SSSR count). The molecule has 0 N–H and O–H groups in total. The largest absolute Gasteiger partial charge is 0.334 e. The molecule has 85 heavy (non-hydrogen) atoms. The van der Waals surface area contributed by atoms with Gasteiger partial charge in [0.25, 0.3) is 0 Å². The Kier molecular flexibility index (Phi) is 12.2. The van der Waals surface area contributed by atoms with E-state index in [9.17, 15) is 0 Å². The maximum absolute atomic E-state index is 2.76. The van der Waals surface area contributed by atoms with Crippen LogP contribution in [0.15, 0.2) is 188 Å². The first-order valence-corrected chi connectivity index (χ1v) is 33.1. The van der Waals surface area contributed by atoms with Crippen LogP contribution in [0.1, 0.15) is 174 Å². The van der Waals surface area contributed by atoms with Gasteiger partial charge in [0.15, 0.2) is 0 Å². The zero-order chi connectivity index (χ0) is 57.5. The van der Waals surface area contributed by atoms with Gasteiger partial charge in [0, 0.05) is 50.4 Å². The third-order valence-corrected chi connectivity index (χ3v) is 24.6. The summed E-state index contributed by atoms with van der Waals surface area (Å²) in [5, 5.41) is 8.12. The van der Waals surface area contributed by atoms with Crippen molar-refractivity contribution in [2.45, 2.75) is 190 Å². The average molecular weight is 1110 g/mol. The maximum Gasteiger partial charge on any atom is 0.0517 e. The van der Waals surface area contributed by atoms with Crippen LogP contribution in [0, 0.1) is 0 Å². The van der Waals surface area contributed by atoms with E-state index < -0.39 is 0 Å². The van der Waals surface area contributed by atoms with Gasteiger partial charge < -0.3 is 14.7 Å².